The Balaban J connectivity index is 2.49. The Bertz CT molecular complexity index is 436. The third kappa shape index (κ3) is 6.53. The minimum absolute atomic E-state index is 0.336. The van der Waals surface area contributed by atoms with Crippen LogP contribution in [0, 0.1) is 0 Å². The van der Waals surface area contributed by atoms with E-state index in [-0.39, 0.29) is 0 Å². The molecule has 0 atom stereocenters. The van der Waals surface area contributed by atoms with Gasteiger partial charge in [0.25, 0.3) is 0 Å². The van der Waals surface area contributed by atoms with Crippen molar-refractivity contribution in [2.45, 2.75) is 19.7 Å². The summed E-state index contributed by atoms with van der Waals surface area (Å²) in [5, 5.41) is 4.60. The molecule has 0 saturated carbocycles. The summed E-state index contributed by atoms with van der Waals surface area (Å²) in [6.07, 6.45) is -4.33. The van der Waals surface area contributed by atoms with Crippen LogP contribution in [0.3, 0.4) is 0 Å². The molecule has 1 rings (SSSR count). The highest BCUT2D eigenvalue weighted by atomic mass is 19.4. The molecule has 0 bridgehead atoms. The molecule has 0 aliphatic heterocycles. The second-order valence-corrected chi connectivity index (χ2v) is 4.06. The quantitative estimate of drug-likeness (QED) is 0.810. The van der Waals surface area contributed by atoms with E-state index >= 15 is 0 Å². The molecule has 20 heavy (non-hydrogen) atoms. The number of amides is 1. The molecule has 1 amide bonds. The first-order chi connectivity index (χ1) is 9.42. The zero-order valence-electron chi connectivity index (χ0n) is 11.1. The van der Waals surface area contributed by atoms with Gasteiger partial charge in [-0.05, 0) is 13.0 Å². The van der Waals surface area contributed by atoms with E-state index in [1.807, 2.05) is 12.2 Å². The van der Waals surface area contributed by atoms with Crippen molar-refractivity contribution < 1.29 is 22.7 Å². The number of ether oxygens (including phenoxy) is 1. The van der Waals surface area contributed by atoms with Crippen LogP contribution >= 0.6 is 0 Å². The molecule has 0 radical (unpaired) electrons. The minimum atomic E-state index is -4.33. The number of rotatable bonds is 7. The molecular formula is C13H17F3N2O2. The molecular weight excluding hydrogens is 273 g/mol. The van der Waals surface area contributed by atoms with Gasteiger partial charge in [0.15, 0.2) is 0 Å². The topological polar surface area (TPSA) is 50.4 Å². The molecule has 0 saturated heterocycles. The molecule has 112 valence electrons. The van der Waals surface area contributed by atoms with Gasteiger partial charge in [0.1, 0.15) is 0 Å². The summed E-state index contributed by atoms with van der Waals surface area (Å²) in [4.78, 5) is 11.5. The average molecular weight is 290 g/mol. The number of para-hydroxylation sites is 1. The van der Waals surface area contributed by atoms with E-state index in [2.05, 4.69) is 5.32 Å². The number of alkyl halides is 3. The number of halogens is 3. The van der Waals surface area contributed by atoms with Gasteiger partial charge in [-0.3, -0.25) is 4.79 Å². The molecule has 1 aromatic rings. The number of nitrogens with one attached hydrogen (secondary N) is 2. The Labute approximate surface area is 115 Å². The molecule has 1 aromatic carbocycles. The fourth-order valence-corrected chi connectivity index (χ4v) is 1.49. The van der Waals surface area contributed by atoms with Gasteiger partial charge < -0.3 is 15.4 Å². The zero-order valence-corrected chi connectivity index (χ0v) is 11.1. The Morgan fingerprint density at radius 2 is 2.00 bits per heavy atom. The number of hydrogen-bond acceptors (Lipinski definition) is 3. The van der Waals surface area contributed by atoms with Crippen molar-refractivity contribution in [1.29, 1.82) is 0 Å². The summed E-state index contributed by atoms with van der Waals surface area (Å²) >= 11 is 0. The van der Waals surface area contributed by atoms with Crippen molar-refractivity contribution in [2.24, 2.45) is 0 Å². The normalized spacial score (nSPS) is 11.4. The molecule has 0 aliphatic rings. The van der Waals surface area contributed by atoms with Crippen LogP contribution in [0.15, 0.2) is 24.3 Å². The smallest absolute Gasteiger partial charge is 0.377 e. The fourth-order valence-electron chi connectivity index (χ4n) is 1.49. The first-order valence-electron chi connectivity index (χ1n) is 6.15. The number of carbonyl (C=O) groups is 1. The minimum Gasteiger partial charge on any atom is -0.377 e. The SMILES string of the molecule is CCOCc1ccccc1NC(=O)CNCC(F)(F)F. The average Bonchev–Trinajstić information content (AvgIpc) is 2.36. The maximum absolute atomic E-state index is 11.9. The van der Waals surface area contributed by atoms with Crippen molar-refractivity contribution >= 4 is 11.6 Å². The highest BCUT2D eigenvalue weighted by Crippen LogP contribution is 2.16. The molecule has 0 fully saturated rings. The monoisotopic (exact) mass is 290 g/mol. The van der Waals surface area contributed by atoms with Gasteiger partial charge in [-0.25, -0.2) is 0 Å². The Kier molecular flexibility index (Phi) is 6.47. The predicted octanol–water partition coefficient (Wildman–Crippen LogP) is 2.31. The van der Waals surface area contributed by atoms with E-state index in [0.29, 0.717) is 18.9 Å². The summed E-state index contributed by atoms with van der Waals surface area (Å²) in [7, 11) is 0. The highest BCUT2D eigenvalue weighted by Gasteiger charge is 2.26. The Morgan fingerprint density at radius 1 is 1.30 bits per heavy atom. The van der Waals surface area contributed by atoms with E-state index < -0.39 is 25.2 Å². The van der Waals surface area contributed by atoms with Crippen LogP contribution in [-0.2, 0) is 16.1 Å². The zero-order chi connectivity index (χ0) is 15.0. The largest absolute Gasteiger partial charge is 0.401 e. The Morgan fingerprint density at radius 3 is 2.65 bits per heavy atom. The van der Waals surface area contributed by atoms with Crippen LogP contribution in [0.2, 0.25) is 0 Å². The summed E-state index contributed by atoms with van der Waals surface area (Å²) in [5.41, 5.74) is 1.32. The first kappa shape index (κ1) is 16.5. The lowest BCUT2D eigenvalue weighted by Crippen LogP contribution is -2.35. The number of hydrogen-bond donors (Lipinski definition) is 2. The van der Waals surface area contributed by atoms with E-state index in [1.165, 1.54) is 0 Å². The van der Waals surface area contributed by atoms with Gasteiger partial charge in [-0.15, -0.1) is 0 Å². The van der Waals surface area contributed by atoms with E-state index in [1.54, 1.807) is 24.3 Å². The molecule has 0 aliphatic carbocycles. The van der Waals surface area contributed by atoms with Crippen LogP contribution in [0.25, 0.3) is 0 Å². The van der Waals surface area contributed by atoms with Gasteiger partial charge in [0.2, 0.25) is 5.91 Å². The van der Waals surface area contributed by atoms with Gasteiger partial charge in [0, 0.05) is 17.9 Å². The standard InChI is InChI=1S/C13H17F3N2O2/c1-2-20-8-10-5-3-4-6-11(10)18-12(19)7-17-9-13(14,15)16/h3-6,17H,2,7-9H2,1H3,(H,18,19). The van der Waals surface area contributed by atoms with Crippen molar-refractivity contribution in [1.82, 2.24) is 5.32 Å². The third-order valence-corrected chi connectivity index (χ3v) is 2.36. The van der Waals surface area contributed by atoms with Gasteiger partial charge in [-0.1, -0.05) is 18.2 Å². The summed E-state index contributed by atoms with van der Waals surface area (Å²) < 4.78 is 41.0. The van der Waals surface area contributed by atoms with E-state index in [0.717, 1.165) is 5.56 Å². The molecule has 2 N–H and O–H groups in total. The predicted molar refractivity (Wildman–Crippen MR) is 69.3 cm³/mol. The van der Waals surface area contributed by atoms with Gasteiger partial charge in [0.05, 0.1) is 19.7 Å². The fraction of sp³-hybridized carbons (Fsp3) is 0.462. The van der Waals surface area contributed by atoms with E-state index in [9.17, 15) is 18.0 Å². The summed E-state index contributed by atoms with van der Waals surface area (Å²) in [6, 6.07) is 6.99. The van der Waals surface area contributed by atoms with Crippen LogP contribution in [0.4, 0.5) is 18.9 Å². The first-order valence-corrected chi connectivity index (χ1v) is 6.15. The van der Waals surface area contributed by atoms with Crippen LogP contribution < -0.4 is 10.6 Å². The molecule has 0 spiro atoms. The van der Waals surface area contributed by atoms with E-state index in [4.69, 9.17) is 4.74 Å². The lowest BCUT2D eigenvalue weighted by atomic mass is 10.2. The lowest BCUT2D eigenvalue weighted by Gasteiger charge is -2.12. The molecule has 7 heteroatoms. The summed E-state index contributed by atoms with van der Waals surface area (Å²) in [5.74, 6) is -0.529. The van der Waals surface area contributed by atoms with Crippen LogP contribution in [0.1, 0.15) is 12.5 Å². The van der Waals surface area contributed by atoms with Crippen molar-refractivity contribution in [3.8, 4) is 0 Å². The van der Waals surface area contributed by atoms with Gasteiger partial charge >= 0.3 is 6.18 Å². The number of anilines is 1. The van der Waals surface area contributed by atoms with Crippen molar-refractivity contribution in [2.75, 3.05) is 25.0 Å². The van der Waals surface area contributed by atoms with Crippen molar-refractivity contribution in [3.63, 3.8) is 0 Å². The third-order valence-electron chi connectivity index (χ3n) is 2.36. The number of benzene rings is 1. The van der Waals surface area contributed by atoms with Crippen LogP contribution in [0.5, 0.6) is 0 Å². The van der Waals surface area contributed by atoms with Crippen LogP contribution in [-0.4, -0.2) is 31.8 Å². The molecule has 4 nitrogen and oxygen atoms in total. The second-order valence-electron chi connectivity index (χ2n) is 4.06. The second kappa shape index (κ2) is 7.86. The van der Waals surface area contributed by atoms with Crippen molar-refractivity contribution in [3.05, 3.63) is 29.8 Å². The van der Waals surface area contributed by atoms with Gasteiger partial charge in [-0.2, -0.15) is 13.2 Å². The molecule has 0 aromatic heterocycles. The summed E-state index contributed by atoms with van der Waals surface area (Å²) in [6.45, 7) is 1.13. The lowest BCUT2D eigenvalue weighted by molar-refractivity contribution is -0.126. The Hall–Kier alpha value is -1.60. The number of carbonyl (C=O) groups excluding carboxylic acids is 1. The maximum atomic E-state index is 11.9. The molecule has 0 unspecified atom stereocenters. The highest BCUT2D eigenvalue weighted by molar-refractivity contribution is 5.92. The molecule has 0 heterocycles. The maximum Gasteiger partial charge on any atom is 0.401 e.